The number of nitro benzene ring substituents is 1. The molecule has 0 unspecified atom stereocenters. The maximum atomic E-state index is 13.2. The fourth-order valence-electron chi connectivity index (χ4n) is 1.52. The van der Waals surface area contributed by atoms with Crippen LogP contribution in [0, 0.1) is 22.9 Å². The van der Waals surface area contributed by atoms with Gasteiger partial charge >= 0.3 is 5.69 Å². The minimum absolute atomic E-state index is 0.0712. The first kappa shape index (κ1) is 13.5. The van der Waals surface area contributed by atoms with E-state index in [9.17, 15) is 14.5 Å². The van der Waals surface area contributed by atoms with E-state index in [4.69, 9.17) is 4.74 Å². The van der Waals surface area contributed by atoms with Gasteiger partial charge in [0.2, 0.25) is 5.75 Å². The van der Waals surface area contributed by atoms with Gasteiger partial charge in [-0.2, -0.15) is 0 Å². The summed E-state index contributed by atoms with van der Waals surface area (Å²) in [6.45, 7) is 1.74. The highest BCUT2D eigenvalue weighted by Gasteiger charge is 2.17. The lowest BCUT2D eigenvalue weighted by Crippen LogP contribution is -1.95. The average Bonchev–Trinajstić information content (AvgIpc) is 2.35. The van der Waals surface area contributed by atoms with Crippen LogP contribution in [0.15, 0.2) is 40.9 Å². The van der Waals surface area contributed by atoms with E-state index < -0.39 is 10.7 Å². The predicted octanol–water partition coefficient (Wildman–Crippen LogP) is 4.60. The molecule has 2 aromatic carbocycles. The van der Waals surface area contributed by atoms with Crippen molar-refractivity contribution in [3.63, 3.8) is 0 Å². The highest BCUT2D eigenvalue weighted by Crippen LogP contribution is 2.34. The molecule has 4 nitrogen and oxygen atoms in total. The molecule has 0 N–H and O–H groups in total. The lowest BCUT2D eigenvalue weighted by atomic mass is 10.2. The maximum absolute atomic E-state index is 13.2. The molecule has 0 saturated heterocycles. The number of hydrogen-bond acceptors (Lipinski definition) is 3. The smallest absolute Gasteiger partial charge is 0.312 e. The van der Waals surface area contributed by atoms with Crippen molar-refractivity contribution in [2.75, 3.05) is 0 Å². The van der Waals surface area contributed by atoms with Crippen LogP contribution in [0.2, 0.25) is 0 Å². The molecule has 0 atom stereocenters. The topological polar surface area (TPSA) is 52.4 Å². The van der Waals surface area contributed by atoms with Crippen molar-refractivity contribution in [3.8, 4) is 11.5 Å². The van der Waals surface area contributed by atoms with E-state index in [0.717, 1.165) is 0 Å². The SMILES string of the molecule is Cc1ccc(F)cc1Oc1ccc(Br)cc1[N+](=O)[O-]. The van der Waals surface area contributed by atoms with E-state index in [1.54, 1.807) is 19.1 Å². The molecule has 0 aromatic heterocycles. The van der Waals surface area contributed by atoms with Crippen LogP contribution in [-0.2, 0) is 0 Å². The molecule has 0 amide bonds. The first-order valence-electron chi connectivity index (χ1n) is 5.35. The Labute approximate surface area is 117 Å². The summed E-state index contributed by atoms with van der Waals surface area (Å²) in [5.41, 5.74) is 0.511. The second-order valence-corrected chi connectivity index (χ2v) is 4.80. The molecule has 0 heterocycles. The minimum Gasteiger partial charge on any atom is -0.450 e. The number of nitro groups is 1. The summed E-state index contributed by atoms with van der Waals surface area (Å²) in [7, 11) is 0. The van der Waals surface area contributed by atoms with Crippen LogP contribution in [0.1, 0.15) is 5.56 Å². The van der Waals surface area contributed by atoms with Gasteiger partial charge in [-0.15, -0.1) is 0 Å². The van der Waals surface area contributed by atoms with E-state index in [1.165, 1.54) is 24.3 Å². The highest BCUT2D eigenvalue weighted by molar-refractivity contribution is 9.10. The molecule has 0 saturated carbocycles. The van der Waals surface area contributed by atoms with Crippen molar-refractivity contribution in [2.24, 2.45) is 0 Å². The van der Waals surface area contributed by atoms with Crippen LogP contribution in [0.25, 0.3) is 0 Å². The Hall–Kier alpha value is -1.95. The Morgan fingerprint density at radius 1 is 1.21 bits per heavy atom. The lowest BCUT2D eigenvalue weighted by Gasteiger charge is -2.09. The summed E-state index contributed by atoms with van der Waals surface area (Å²) in [5.74, 6) is -0.132. The van der Waals surface area contributed by atoms with Gasteiger partial charge in [0.15, 0.2) is 0 Å². The minimum atomic E-state index is -0.547. The number of ether oxygens (including phenoxy) is 1. The monoisotopic (exact) mass is 325 g/mol. The fourth-order valence-corrected chi connectivity index (χ4v) is 1.87. The van der Waals surface area contributed by atoms with Crippen molar-refractivity contribution in [1.29, 1.82) is 0 Å². The Morgan fingerprint density at radius 3 is 2.63 bits per heavy atom. The van der Waals surface area contributed by atoms with Gasteiger partial charge in [0.1, 0.15) is 11.6 Å². The summed E-state index contributed by atoms with van der Waals surface area (Å²) in [6.07, 6.45) is 0. The van der Waals surface area contributed by atoms with Crippen molar-refractivity contribution in [1.82, 2.24) is 0 Å². The largest absolute Gasteiger partial charge is 0.450 e. The van der Waals surface area contributed by atoms with Crippen molar-refractivity contribution < 1.29 is 14.1 Å². The molecular formula is C13H9BrFNO3. The van der Waals surface area contributed by atoms with Gasteiger partial charge in [-0.1, -0.05) is 22.0 Å². The summed E-state index contributed by atoms with van der Waals surface area (Å²) in [5, 5.41) is 10.9. The van der Waals surface area contributed by atoms with Crippen LogP contribution in [0.4, 0.5) is 10.1 Å². The van der Waals surface area contributed by atoms with Gasteiger partial charge in [-0.3, -0.25) is 10.1 Å². The Morgan fingerprint density at radius 2 is 1.95 bits per heavy atom. The quantitative estimate of drug-likeness (QED) is 0.612. The molecule has 6 heteroatoms. The highest BCUT2D eigenvalue weighted by atomic mass is 79.9. The number of halogens is 2. The van der Waals surface area contributed by atoms with Gasteiger partial charge in [-0.25, -0.2) is 4.39 Å². The normalized spacial score (nSPS) is 10.3. The van der Waals surface area contributed by atoms with Gasteiger partial charge in [0.25, 0.3) is 0 Å². The van der Waals surface area contributed by atoms with E-state index in [0.29, 0.717) is 10.0 Å². The van der Waals surface area contributed by atoms with Crippen LogP contribution in [-0.4, -0.2) is 4.92 Å². The van der Waals surface area contributed by atoms with Crippen molar-refractivity contribution in [3.05, 3.63) is 62.4 Å². The maximum Gasteiger partial charge on any atom is 0.312 e. The second-order valence-electron chi connectivity index (χ2n) is 3.88. The van der Waals surface area contributed by atoms with Crippen LogP contribution in [0.3, 0.4) is 0 Å². The molecule has 0 fully saturated rings. The number of rotatable bonds is 3. The van der Waals surface area contributed by atoms with E-state index in [1.807, 2.05) is 0 Å². The first-order valence-corrected chi connectivity index (χ1v) is 6.14. The molecule has 19 heavy (non-hydrogen) atoms. The number of benzene rings is 2. The molecule has 0 aliphatic carbocycles. The zero-order valence-electron chi connectivity index (χ0n) is 9.89. The summed E-state index contributed by atoms with van der Waals surface area (Å²) in [4.78, 5) is 10.4. The lowest BCUT2D eigenvalue weighted by molar-refractivity contribution is -0.385. The van der Waals surface area contributed by atoms with Crippen LogP contribution < -0.4 is 4.74 Å². The van der Waals surface area contributed by atoms with Crippen LogP contribution in [0.5, 0.6) is 11.5 Å². The van der Waals surface area contributed by atoms with E-state index in [-0.39, 0.29) is 17.2 Å². The van der Waals surface area contributed by atoms with Gasteiger partial charge < -0.3 is 4.74 Å². The molecule has 0 radical (unpaired) electrons. The standard InChI is InChI=1S/C13H9BrFNO3/c1-8-2-4-10(15)7-13(8)19-12-5-3-9(14)6-11(12)16(17)18/h2-7H,1H3. The third-order valence-corrected chi connectivity index (χ3v) is 2.98. The number of nitrogens with zero attached hydrogens (tertiary/aromatic N) is 1. The third-order valence-electron chi connectivity index (χ3n) is 2.49. The van der Waals surface area contributed by atoms with Crippen LogP contribution >= 0.6 is 15.9 Å². The summed E-state index contributed by atoms with van der Waals surface area (Å²) >= 11 is 3.16. The zero-order valence-corrected chi connectivity index (χ0v) is 11.5. The van der Waals surface area contributed by atoms with Gasteiger partial charge in [-0.05, 0) is 30.7 Å². The molecule has 0 spiro atoms. The number of aryl methyl sites for hydroxylation is 1. The molecule has 0 aliphatic rings. The molecular weight excluding hydrogens is 317 g/mol. The van der Waals surface area contributed by atoms with Gasteiger partial charge in [0, 0.05) is 16.6 Å². The van der Waals surface area contributed by atoms with E-state index >= 15 is 0 Å². The Kier molecular flexibility index (Phi) is 3.80. The fraction of sp³-hybridized carbons (Fsp3) is 0.0769. The second kappa shape index (κ2) is 5.36. The Balaban J connectivity index is 2.43. The zero-order chi connectivity index (χ0) is 14.0. The van der Waals surface area contributed by atoms with Gasteiger partial charge in [0.05, 0.1) is 4.92 Å². The molecule has 2 rings (SSSR count). The molecule has 0 aliphatic heterocycles. The first-order chi connectivity index (χ1) is 8.97. The molecule has 0 bridgehead atoms. The van der Waals surface area contributed by atoms with Crippen molar-refractivity contribution in [2.45, 2.75) is 6.92 Å². The average molecular weight is 326 g/mol. The molecule has 2 aromatic rings. The predicted molar refractivity (Wildman–Crippen MR) is 72.0 cm³/mol. The summed E-state index contributed by atoms with van der Waals surface area (Å²) in [6, 6.07) is 8.47. The third kappa shape index (κ3) is 3.08. The number of hydrogen-bond donors (Lipinski definition) is 0. The molecule has 98 valence electrons. The Bertz CT molecular complexity index is 646. The van der Waals surface area contributed by atoms with E-state index in [2.05, 4.69) is 15.9 Å². The van der Waals surface area contributed by atoms with Crippen molar-refractivity contribution >= 4 is 21.6 Å². The summed E-state index contributed by atoms with van der Waals surface area (Å²) < 4.78 is 19.2.